The molecule has 0 aliphatic rings. The summed E-state index contributed by atoms with van der Waals surface area (Å²) in [5.74, 6) is 0.108. The topological polar surface area (TPSA) is 91.8 Å². The molecule has 0 aliphatic heterocycles. The summed E-state index contributed by atoms with van der Waals surface area (Å²) >= 11 is 7.11. The van der Waals surface area contributed by atoms with Crippen molar-refractivity contribution in [2.45, 2.75) is 17.4 Å². The second-order valence-electron chi connectivity index (χ2n) is 5.33. The van der Waals surface area contributed by atoms with Gasteiger partial charge in [0.05, 0.1) is 16.9 Å². The standard InChI is InChI=1S/C18H13ClN4O2S/c1-11(16(24)21-15-7-2-4-12(8-15)10-20)26-18-23-22-17(25-18)13-5-3-6-14(19)9-13/h2-9,11H,1H3,(H,21,24). The molecule has 6 nitrogen and oxygen atoms in total. The first-order chi connectivity index (χ1) is 12.5. The van der Waals surface area contributed by atoms with E-state index < -0.39 is 5.25 Å². The molecule has 1 N–H and O–H groups in total. The van der Waals surface area contributed by atoms with Crippen molar-refractivity contribution in [2.24, 2.45) is 0 Å². The molecule has 8 heteroatoms. The summed E-state index contributed by atoms with van der Waals surface area (Å²) in [6, 6.07) is 15.8. The number of nitrogens with one attached hydrogen (secondary N) is 1. The molecule has 1 amide bonds. The Bertz CT molecular complexity index is 983. The van der Waals surface area contributed by atoms with Crippen LogP contribution in [0, 0.1) is 11.3 Å². The van der Waals surface area contributed by atoms with Crippen molar-refractivity contribution in [1.29, 1.82) is 5.26 Å². The van der Waals surface area contributed by atoms with Gasteiger partial charge in [-0.05, 0) is 43.3 Å². The van der Waals surface area contributed by atoms with E-state index in [-0.39, 0.29) is 11.1 Å². The lowest BCUT2D eigenvalue weighted by Crippen LogP contribution is -2.22. The number of aromatic nitrogens is 2. The van der Waals surface area contributed by atoms with Crippen LogP contribution in [0.1, 0.15) is 12.5 Å². The van der Waals surface area contributed by atoms with Gasteiger partial charge in [0, 0.05) is 16.3 Å². The van der Waals surface area contributed by atoms with Crippen LogP contribution in [0.5, 0.6) is 0 Å². The molecule has 3 rings (SSSR count). The highest BCUT2D eigenvalue weighted by Crippen LogP contribution is 2.27. The predicted octanol–water partition coefficient (Wildman–Crippen LogP) is 4.38. The van der Waals surface area contributed by atoms with E-state index in [1.807, 2.05) is 12.1 Å². The summed E-state index contributed by atoms with van der Waals surface area (Å²) in [6.07, 6.45) is 0. The number of rotatable bonds is 5. The molecule has 26 heavy (non-hydrogen) atoms. The fourth-order valence-electron chi connectivity index (χ4n) is 2.11. The molecule has 0 fully saturated rings. The Hall–Kier alpha value is -2.82. The second-order valence-corrected chi connectivity index (χ2v) is 7.05. The molecular formula is C18H13ClN4O2S. The number of halogens is 1. The number of carbonyl (C=O) groups is 1. The third-order valence-electron chi connectivity index (χ3n) is 3.38. The zero-order valence-electron chi connectivity index (χ0n) is 13.6. The summed E-state index contributed by atoms with van der Waals surface area (Å²) in [5.41, 5.74) is 1.75. The van der Waals surface area contributed by atoms with E-state index in [9.17, 15) is 4.79 Å². The molecule has 1 atom stereocenters. The number of benzene rings is 2. The first-order valence-corrected chi connectivity index (χ1v) is 8.88. The van der Waals surface area contributed by atoms with Gasteiger partial charge in [0.15, 0.2) is 0 Å². The number of carbonyl (C=O) groups excluding carboxylic acids is 1. The van der Waals surface area contributed by atoms with E-state index in [1.165, 1.54) is 0 Å². The maximum atomic E-state index is 12.3. The van der Waals surface area contributed by atoms with Gasteiger partial charge in [-0.2, -0.15) is 5.26 Å². The second kappa shape index (κ2) is 8.04. The van der Waals surface area contributed by atoms with Crippen molar-refractivity contribution < 1.29 is 9.21 Å². The van der Waals surface area contributed by atoms with Gasteiger partial charge in [-0.3, -0.25) is 4.79 Å². The fraction of sp³-hybridized carbons (Fsp3) is 0.111. The molecule has 3 aromatic rings. The van der Waals surface area contributed by atoms with Crippen LogP contribution in [-0.4, -0.2) is 21.4 Å². The minimum atomic E-state index is -0.464. The molecule has 1 unspecified atom stereocenters. The first kappa shape index (κ1) is 18.0. The number of hydrogen-bond donors (Lipinski definition) is 1. The number of thioether (sulfide) groups is 1. The van der Waals surface area contributed by atoms with Crippen molar-refractivity contribution in [3.8, 4) is 17.5 Å². The predicted molar refractivity (Wildman–Crippen MR) is 99.8 cm³/mol. The van der Waals surface area contributed by atoms with Gasteiger partial charge in [-0.1, -0.05) is 35.5 Å². The van der Waals surface area contributed by atoms with Gasteiger partial charge in [0.2, 0.25) is 11.8 Å². The Kier molecular flexibility index (Phi) is 5.56. The number of anilines is 1. The molecule has 0 bridgehead atoms. The lowest BCUT2D eigenvalue weighted by molar-refractivity contribution is -0.115. The van der Waals surface area contributed by atoms with E-state index in [4.69, 9.17) is 21.3 Å². The number of nitriles is 1. The van der Waals surface area contributed by atoms with Crippen LogP contribution in [0.3, 0.4) is 0 Å². The fourth-order valence-corrected chi connectivity index (χ4v) is 2.98. The van der Waals surface area contributed by atoms with Crippen molar-refractivity contribution in [3.63, 3.8) is 0 Å². The van der Waals surface area contributed by atoms with Crippen LogP contribution in [0.25, 0.3) is 11.5 Å². The summed E-state index contributed by atoms with van der Waals surface area (Å²) < 4.78 is 5.59. The Balaban J connectivity index is 1.65. The SMILES string of the molecule is CC(Sc1nnc(-c2cccc(Cl)c2)o1)C(=O)Nc1cccc(C#N)c1. The number of amides is 1. The van der Waals surface area contributed by atoms with Gasteiger partial charge in [0.1, 0.15) is 0 Å². The third-order valence-corrected chi connectivity index (χ3v) is 4.55. The smallest absolute Gasteiger partial charge is 0.277 e. The van der Waals surface area contributed by atoms with Gasteiger partial charge >= 0.3 is 0 Å². The Labute approximate surface area is 159 Å². The maximum Gasteiger partial charge on any atom is 0.277 e. The molecule has 1 aromatic heterocycles. The lowest BCUT2D eigenvalue weighted by atomic mass is 10.2. The molecule has 0 saturated heterocycles. The normalized spacial score (nSPS) is 11.6. The van der Waals surface area contributed by atoms with Gasteiger partial charge in [0.25, 0.3) is 5.22 Å². The average Bonchev–Trinajstić information content (AvgIpc) is 3.10. The molecular weight excluding hydrogens is 372 g/mol. The van der Waals surface area contributed by atoms with Gasteiger partial charge < -0.3 is 9.73 Å². The van der Waals surface area contributed by atoms with Crippen molar-refractivity contribution in [3.05, 3.63) is 59.1 Å². The summed E-state index contributed by atoms with van der Waals surface area (Å²) in [6.45, 7) is 1.73. The minimum absolute atomic E-state index is 0.229. The number of hydrogen-bond acceptors (Lipinski definition) is 6. The van der Waals surface area contributed by atoms with E-state index in [1.54, 1.807) is 49.4 Å². The largest absolute Gasteiger partial charge is 0.411 e. The molecule has 0 radical (unpaired) electrons. The highest BCUT2D eigenvalue weighted by molar-refractivity contribution is 8.00. The van der Waals surface area contributed by atoms with Crippen LogP contribution >= 0.6 is 23.4 Å². The van der Waals surface area contributed by atoms with E-state index in [2.05, 4.69) is 15.5 Å². The van der Waals surface area contributed by atoms with E-state index in [0.29, 0.717) is 27.7 Å². The highest BCUT2D eigenvalue weighted by Gasteiger charge is 2.19. The van der Waals surface area contributed by atoms with Crippen molar-refractivity contribution in [2.75, 3.05) is 5.32 Å². The molecule has 130 valence electrons. The van der Waals surface area contributed by atoms with E-state index in [0.717, 1.165) is 11.8 Å². The zero-order valence-corrected chi connectivity index (χ0v) is 15.2. The maximum absolute atomic E-state index is 12.3. The Morgan fingerprint density at radius 2 is 2.08 bits per heavy atom. The summed E-state index contributed by atoms with van der Waals surface area (Å²) in [4.78, 5) is 12.3. The third kappa shape index (κ3) is 4.42. The van der Waals surface area contributed by atoms with Crippen LogP contribution < -0.4 is 5.32 Å². The molecule has 0 saturated carbocycles. The quantitative estimate of drug-likeness (QED) is 0.656. The minimum Gasteiger partial charge on any atom is -0.411 e. The Morgan fingerprint density at radius 3 is 2.85 bits per heavy atom. The number of nitrogens with zero attached hydrogens (tertiary/aromatic N) is 3. The molecule has 0 spiro atoms. The van der Waals surface area contributed by atoms with E-state index >= 15 is 0 Å². The average molecular weight is 385 g/mol. The highest BCUT2D eigenvalue weighted by atomic mass is 35.5. The van der Waals surface area contributed by atoms with Crippen LogP contribution in [0.2, 0.25) is 5.02 Å². The molecule has 2 aromatic carbocycles. The lowest BCUT2D eigenvalue weighted by Gasteiger charge is -2.09. The zero-order chi connectivity index (χ0) is 18.5. The van der Waals surface area contributed by atoms with Crippen molar-refractivity contribution in [1.82, 2.24) is 10.2 Å². The Morgan fingerprint density at radius 1 is 1.27 bits per heavy atom. The van der Waals surface area contributed by atoms with Crippen LogP contribution in [-0.2, 0) is 4.79 Å². The molecule has 1 heterocycles. The molecule has 0 aliphatic carbocycles. The van der Waals surface area contributed by atoms with Crippen molar-refractivity contribution >= 4 is 35.0 Å². The monoisotopic (exact) mass is 384 g/mol. The first-order valence-electron chi connectivity index (χ1n) is 7.62. The summed E-state index contributed by atoms with van der Waals surface area (Å²) in [5, 5.41) is 20.0. The van der Waals surface area contributed by atoms with Crippen LogP contribution in [0.4, 0.5) is 5.69 Å². The van der Waals surface area contributed by atoms with Crippen LogP contribution in [0.15, 0.2) is 58.2 Å². The van der Waals surface area contributed by atoms with Gasteiger partial charge in [-0.25, -0.2) is 0 Å². The van der Waals surface area contributed by atoms with Gasteiger partial charge in [-0.15, -0.1) is 10.2 Å². The summed E-state index contributed by atoms with van der Waals surface area (Å²) in [7, 11) is 0.